The van der Waals surface area contributed by atoms with Crippen molar-refractivity contribution in [3.8, 4) is 0 Å². The normalized spacial score (nSPS) is 12.3. The average molecular weight is 579 g/mol. The van der Waals surface area contributed by atoms with Crippen LogP contribution in [0, 0.1) is 0 Å². The quantitative estimate of drug-likeness (QED) is 0.172. The molecule has 8 nitrogen and oxygen atoms in total. The van der Waals surface area contributed by atoms with Gasteiger partial charge >= 0.3 is 0 Å². The molecule has 222 valence electrons. The Labute approximate surface area is 252 Å². The zero-order valence-electron chi connectivity index (χ0n) is 25.0. The summed E-state index contributed by atoms with van der Waals surface area (Å²) in [7, 11) is 1.71. The molecule has 0 heterocycles. The number of para-hydroxylation sites is 2. The van der Waals surface area contributed by atoms with Crippen LogP contribution in [0.15, 0.2) is 91.0 Å². The van der Waals surface area contributed by atoms with Crippen LogP contribution in [-0.2, 0) is 16.0 Å². The van der Waals surface area contributed by atoms with Gasteiger partial charge in [-0.25, -0.2) is 0 Å². The highest BCUT2D eigenvalue weighted by Crippen LogP contribution is 2.31. The van der Waals surface area contributed by atoms with Crippen LogP contribution in [0.4, 0.5) is 11.4 Å². The van der Waals surface area contributed by atoms with Crippen molar-refractivity contribution in [1.82, 2.24) is 10.6 Å². The van der Waals surface area contributed by atoms with Crippen LogP contribution < -0.4 is 20.4 Å². The first-order valence-corrected chi connectivity index (χ1v) is 14.4. The summed E-state index contributed by atoms with van der Waals surface area (Å²) in [6.45, 7) is 5.62. The van der Waals surface area contributed by atoms with Crippen molar-refractivity contribution in [1.29, 1.82) is 0 Å². The van der Waals surface area contributed by atoms with Crippen LogP contribution >= 0.6 is 0 Å². The average Bonchev–Trinajstić information content (AvgIpc) is 3.03. The fraction of sp³-hybridized carbons (Fsp3) is 0.257. The lowest BCUT2D eigenvalue weighted by atomic mass is 10.0. The van der Waals surface area contributed by atoms with Gasteiger partial charge in [-0.15, -0.1) is 0 Å². The van der Waals surface area contributed by atoms with E-state index in [0.29, 0.717) is 35.5 Å². The first-order chi connectivity index (χ1) is 20.7. The summed E-state index contributed by atoms with van der Waals surface area (Å²) in [4.78, 5) is 54.2. The number of nitrogens with zero attached hydrogens (tertiary/aromatic N) is 2. The highest BCUT2D eigenvalue weighted by atomic mass is 16.2. The van der Waals surface area contributed by atoms with Gasteiger partial charge in [0.15, 0.2) is 5.78 Å². The Kier molecular flexibility index (Phi) is 10.4. The molecule has 0 fully saturated rings. The monoisotopic (exact) mass is 578 g/mol. The van der Waals surface area contributed by atoms with Crippen molar-refractivity contribution >= 4 is 46.2 Å². The van der Waals surface area contributed by atoms with Crippen molar-refractivity contribution in [3.63, 3.8) is 0 Å². The molecule has 0 saturated carbocycles. The Bertz CT molecular complexity index is 1600. The third kappa shape index (κ3) is 7.53. The van der Waals surface area contributed by atoms with E-state index < -0.39 is 12.1 Å². The van der Waals surface area contributed by atoms with E-state index in [9.17, 15) is 19.2 Å². The summed E-state index contributed by atoms with van der Waals surface area (Å²) >= 11 is 0. The molecule has 0 spiro atoms. The number of ketones is 1. The molecule has 0 aliphatic heterocycles. The third-order valence-electron chi connectivity index (χ3n) is 7.57. The van der Waals surface area contributed by atoms with E-state index in [0.717, 1.165) is 22.7 Å². The molecule has 4 rings (SSSR count). The van der Waals surface area contributed by atoms with E-state index in [1.165, 1.54) is 6.92 Å². The summed E-state index contributed by atoms with van der Waals surface area (Å²) < 4.78 is 0. The molecule has 2 atom stereocenters. The lowest BCUT2D eigenvalue weighted by Gasteiger charge is -2.31. The van der Waals surface area contributed by atoms with Crippen LogP contribution in [0.2, 0.25) is 0 Å². The molecule has 0 aliphatic carbocycles. The second-order valence-corrected chi connectivity index (χ2v) is 10.6. The minimum absolute atomic E-state index is 0.0935. The smallest absolute Gasteiger partial charge is 0.258 e. The zero-order chi connectivity index (χ0) is 30.9. The molecule has 4 aromatic carbocycles. The number of amides is 3. The molecule has 0 saturated heterocycles. The summed E-state index contributed by atoms with van der Waals surface area (Å²) in [6.07, 6.45) is 1.40. The summed E-state index contributed by atoms with van der Waals surface area (Å²) in [5.74, 6) is -0.597. The Morgan fingerprint density at radius 2 is 1.44 bits per heavy atom. The Morgan fingerprint density at radius 3 is 2.12 bits per heavy atom. The number of hydrogen-bond donors (Lipinski definition) is 2. The number of rotatable bonds is 13. The SMILES string of the molecule is CN[C@@H](C)C(=O)NC(C)CN(C(=O)c1ccc(C(C)=O)cc1)c1ccccc1N(C=O)CCc1cccc2ccccc12. The molecular formula is C35H38N4O4. The van der Waals surface area contributed by atoms with E-state index >= 15 is 0 Å². The number of anilines is 2. The minimum Gasteiger partial charge on any atom is -0.351 e. The van der Waals surface area contributed by atoms with Gasteiger partial charge in [0.25, 0.3) is 5.91 Å². The van der Waals surface area contributed by atoms with Crippen molar-refractivity contribution in [3.05, 3.63) is 108 Å². The summed E-state index contributed by atoms with van der Waals surface area (Å²) in [5, 5.41) is 8.16. The van der Waals surface area contributed by atoms with Crippen LogP contribution in [0.1, 0.15) is 47.1 Å². The van der Waals surface area contributed by atoms with Gasteiger partial charge in [0, 0.05) is 30.3 Å². The number of likely N-dealkylation sites (N-methyl/N-ethyl adjacent to an activating group) is 1. The maximum Gasteiger partial charge on any atom is 0.258 e. The number of carbonyl (C=O) groups excluding carboxylic acids is 4. The van der Waals surface area contributed by atoms with Crippen molar-refractivity contribution < 1.29 is 19.2 Å². The second-order valence-electron chi connectivity index (χ2n) is 10.6. The van der Waals surface area contributed by atoms with Gasteiger partial charge in [0.1, 0.15) is 0 Å². The number of carbonyl (C=O) groups is 4. The van der Waals surface area contributed by atoms with E-state index in [1.807, 2.05) is 43.3 Å². The van der Waals surface area contributed by atoms with Gasteiger partial charge in [0.2, 0.25) is 12.3 Å². The molecule has 1 unspecified atom stereocenters. The van der Waals surface area contributed by atoms with Crippen molar-refractivity contribution in [2.45, 2.75) is 39.3 Å². The van der Waals surface area contributed by atoms with Crippen LogP contribution in [0.5, 0.6) is 0 Å². The molecule has 0 aliphatic rings. The Hall–Kier alpha value is -4.82. The number of Topliss-reactive ketones (excluding diaryl/α,β-unsaturated/α-hetero) is 1. The molecule has 3 amide bonds. The van der Waals surface area contributed by atoms with Gasteiger partial charge < -0.3 is 20.4 Å². The Balaban J connectivity index is 1.67. The van der Waals surface area contributed by atoms with E-state index in [1.54, 1.807) is 54.1 Å². The van der Waals surface area contributed by atoms with Gasteiger partial charge in [-0.1, -0.05) is 66.7 Å². The van der Waals surface area contributed by atoms with Crippen LogP contribution in [-0.4, -0.2) is 56.2 Å². The molecule has 0 bridgehead atoms. The van der Waals surface area contributed by atoms with Crippen LogP contribution in [0.3, 0.4) is 0 Å². The molecule has 4 aromatic rings. The summed E-state index contributed by atoms with van der Waals surface area (Å²) in [6, 6.07) is 27.2. The standard InChI is InChI=1S/C35H38N4O4/c1-24(37-34(42)25(2)36-4)22-39(35(43)30-18-16-27(17-19-30)26(3)41)33-15-8-7-14-32(33)38(23-40)21-20-29-12-9-11-28-10-5-6-13-31(28)29/h5-19,23-25,36H,20-22H2,1-4H3,(H,37,42)/t24?,25-/m0/s1. The van der Waals surface area contributed by atoms with Crippen LogP contribution in [0.25, 0.3) is 10.8 Å². The third-order valence-corrected chi connectivity index (χ3v) is 7.57. The predicted molar refractivity (Wildman–Crippen MR) is 172 cm³/mol. The predicted octanol–water partition coefficient (Wildman–Crippen LogP) is 5.01. The van der Waals surface area contributed by atoms with E-state index in [-0.39, 0.29) is 24.1 Å². The topological polar surface area (TPSA) is 98.8 Å². The largest absolute Gasteiger partial charge is 0.351 e. The number of fused-ring (bicyclic) bond motifs is 1. The highest BCUT2D eigenvalue weighted by molar-refractivity contribution is 6.09. The van der Waals surface area contributed by atoms with Gasteiger partial charge in [-0.2, -0.15) is 0 Å². The fourth-order valence-electron chi connectivity index (χ4n) is 5.03. The molecule has 8 heteroatoms. The highest BCUT2D eigenvalue weighted by Gasteiger charge is 2.26. The maximum absolute atomic E-state index is 14.0. The molecule has 2 N–H and O–H groups in total. The molecule has 0 radical (unpaired) electrons. The number of nitrogens with one attached hydrogen (secondary N) is 2. The van der Waals surface area contributed by atoms with Gasteiger partial charge in [0.05, 0.1) is 17.4 Å². The van der Waals surface area contributed by atoms with Crippen molar-refractivity contribution in [2.75, 3.05) is 29.9 Å². The summed E-state index contributed by atoms with van der Waals surface area (Å²) in [5.41, 5.74) is 3.13. The zero-order valence-corrected chi connectivity index (χ0v) is 25.0. The van der Waals surface area contributed by atoms with E-state index in [4.69, 9.17) is 0 Å². The first-order valence-electron chi connectivity index (χ1n) is 14.4. The lowest BCUT2D eigenvalue weighted by Crippen LogP contribution is -2.49. The number of hydrogen-bond acceptors (Lipinski definition) is 5. The van der Waals surface area contributed by atoms with Gasteiger partial charge in [-0.3, -0.25) is 19.2 Å². The van der Waals surface area contributed by atoms with Gasteiger partial charge in [-0.05, 0) is 74.8 Å². The maximum atomic E-state index is 14.0. The Morgan fingerprint density at radius 1 is 0.814 bits per heavy atom. The molecular weight excluding hydrogens is 540 g/mol. The fourth-order valence-corrected chi connectivity index (χ4v) is 5.03. The van der Waals surface area contributed by atoms with Crippen molar-refractivity contribution in [2.24, 2.45) is 0 Å². The second kappa shape index (κ2) is 14.4. The minimum atomic E-state index is -0.405. The molecule has 43 heavy (non-hydrogen) atoms. The van der Waals surface area contributed by atoms with E-state index in [2.05, 4.69) is 34.9 Å². The molecule has 0 aromatic heterocycles. The lowest BCUT2D eigenvalue weighted by molar-refractivity contribution is -0.123. The first kappa shape index (κ1) is 31.1. The number of benzene rings is 4.